The van der Waals surface area contributed by atoms with Gasteiger partial charge in [-0.3, -0.25) is 0 Å². The van der Waals surface area contributed by atoms with Crippen molar-refractivity contribution in [2.24, 2.45) is 0 Å². The smallest absolute Gasteiger partial charge is 0.0626 e. The fourth-order valence-corrected chi connectivity index (χ4v) is 1.07. The number of rotatable bonds is 5. The van der Waals surface area contributed by atoms with Crippen LogP contribution in [0.2, 0.25) is 0 Å². The molecule has 0 aromatic carbocycles. The van der Waals surface area contributed by atoms with E-state index in [2.05, 4.69) is 20.8 Å². The molecule has 0 radical (unpaired) electrons. The molecule has 0 aliphatic rings. The van der Waals surface area contributed by atoms with E-state index in [1.54, 1.807) is 0 Å². The summed E-state index contributed by atoms with van der Waals surface area (Å²) in [6.07, 6.45) is 3.71. The van der Waals surface area contributed by atoms with Crippen molar-refractivity contribution in [3.8, 4) is 0 Å². The van der Waals surface area contributed by atoms with Gasteiger partial charge in [0.2, 0.25) is 0 Å². The highest BCUT2D eigenvalue weighted by atomic mass is 16.5. The quantitative estimate of drug-likeness (QED) is 0.576. The Labute approximate surface area is 64.8 Å². The molecule has 0 aliphatic carbocycles. The zero-order valence-corrected chi connectivity index (χ0v) is 7.74. The Kier molecular flexibility index (Phi) is 4.71. The summed E-state index contributed by atoms with van der Waals surface area (Å²) < 4.78 is 5.53. The molecule has 0 atom stereocenters. The maximum atomic E-state index is 5.53. The lowest BCUT2D eigenvalue weighted by atomic mass is 10.0. The summed E-state index contributed by atoms with van der Waals surface area (Å²) in [6.45, 7) is 9.41. The van der Waals surface area contributed by atoms with Crippen molar-refractivity contribution in [1.29, 1.82) is 0 Å². The monoisotopic (exact) mass is 144 g/mol. The Morgan fingerprint density at radius 2 is 1.80 bits per heavy atom. The first-order valence-corrected chi connectivity index (χ1v) is 4.26. The number of hydrogen-bond acceptors (Lipinski definition) is 1. The van der Waals surface area contributed by atoms with Gasteiger partial charge in [-0.15, -0.1) is 0 Å². The third-order valence-corrected chi connectivity index (χ3v) is 1.67. The van der Waals surface area contributed by atoms with Gasteiger partial charge in [-0.1, -0.05) is 19.8 Å². The molecular weight excluding hydrogens is 124 g/mol. The molecule has 62 valence electrons. The van der Waals surface area contributed by atoms with Crippen LogP contribution in [0, 0.1) is 0 Å². The minimum atomic E-state index is 0.102. The van der Waals surface area contributed by atoms with Crippen molar-refractivity contribution in [2.45, 2.75) is 52.6 Å². The molecule has 0 fully saturated rings. The van der Waals surface area contributed by atoms with Crippen LogP contribution < -0.4 is 0 Å². The first-order valence-electron chi connectivity index (χ1n) is 4.26. The Balaban J connectivity index is 3.42. The zero-order valence-electron chi connectivity index (χ0n) is 7.74. The van der Waals surface area contributed by atoms with Gasteiger partial charge in [-0.05, 0) is 27.2 Å². The minimum Gasteiger partial charge on any atom is -0.376 e. The van der Waals surface area contributed by atoms with E-state index >= 15 is 0 Å². The van der Waals surface area contributed by atoms with Crippen molar-refractivity contribution < 1.29 is 4.74 Å². The van der Waals surface area contributed by atoms with Gasteiger partial charge in [0.25, 0.3) is 0 Å². The normalized spacial score (nSPS) is 12.0. The summed E-state index contributed by atoms with van der Waals surface area (Å²) in [7, 11) is 0. The second-order valence-corrected chi connectivity index (χ2v) is 3.30. The summed E-state index contributed by atoms with van der Waals surface area (Å²) in [6, 6.07) is 0. The number of ether oxygens (including phenoxy) is 1. The molecule has 0 amide bonds. The Morgan fingerprint density at radius 1 is 1.20 bits per heavy atom. The molecule has 0 bridgehead atoms. The van der Waals surface area contributed by atoms with Crippen LogP contribution in [0.5, 0.6) is 0 Å². The van der Waals surface area contributed by atoms with E-state index in [9.17, 15) is 0 Å². The average molecular weight is 144 g/mol. The highest BCUT2D eigenvalue weighted by molar-refractivity contribution is 4.67. The van der Waals surface area contributed by atoms with Gasteiger partial charge in [0, 0.05) is 6.61 Å². The van der Waals surface area contributed by atoms with E-state index in [4.69, 9.17) is 4.74 Å². The lowest BCUT2D eigenvalue weighted by molar-refractivity contribution is -0.0174. The van der Waals surface area contributed by atoms with E-state index < -0.39 is 0 Å². The van der Waals surface area contributed by atoms with Crippen LogP contribution in [-0.4, -0.2) is 12.2 Å². The number of unbranched alkanes of at least 4 members (excludes halogenated alkanes) is 1. The lowest BCUT2D eigenvalue weighted by Gasteiger charge is -2.24. The first-order chi connectivity index (χ1) is 4.62. The molecule has 0 N–H and O–H groups in total. The fraction of sp³-hybridized carbons (Fsp3) is 1.00. The molecule has 0 rings (SSSR count). The maximum Gasteiger partial charge on any atom is 0.0626 e. The SMILES string of the molecule is CCCCC(C)(C)OCC. The molecule has 1 nitrogen and oxygen atoms in total. The van der Waals surface area contributed by atoms with E-state index in [1.165, 1.54) is 19.3 Å². The molecule has 0 saturated heterocycles. The second kappa shape index (κ2) is 4.73. The van der Waals surface area contributed by atoms with Gasteiger partial charge in [-0.25, -0.2) is 0 Å². The van der Waals surface area contributed by atoms with Crippen LogP contribution in [0.3, 0.4) is 0 Å². The van der Waals surface area contributed by atoms with Crippen LogP contribution in [0.4, 0.5) is 0 Å². The highest BCUT2D eigenvalue weighted by Crippen LogP contribution is 2.16. The molecule has 0 unspecified atom stereocenters. The van der Waals surface area contributed by atoms with Crippen molar-refractivity contribution in [3.63, 3.8) is 0 Å². The third-order valence-electron chi connectivity index (χ3n) is 1.67. The fourth-order valence-electron chi connectivity index (χ4n) is 1.07. The maximum absolute atomic E-state index is 5.53. The van der Waals surface area contributed by atoms with Gasteiger partial charge < -0.3 is 4.74 Å². The molecule has 0 saturated carbocycles. The van der Waals surface area contributed by atoms with E-state index in [0.29, 0.717) is 0 Å². The highest BCUT2D eigenvalue weighted by Gasteiger charge is 2.15. The average Bonchev–Trinajstić information content (AvgIpc) is 1.84. The van der Waals surface area contributed by atoms with Crippen LogP contribution in [0.1, 0.15) is 47.0 Å². The first kappa shape index (κ1) is 9.96. The molecule has 0 heterocycles. The Hall–Kier alpha value is -0.0400. The molecule has 0 spiro atoms. The Bertz CT molecular complexity index is 76.8. The number of hydrogen-bond donors (Lipinski definition) is 0. The standard InChI is InChI=1S/C9H20O/c1-5-7-8-9(3,4)10-6-2/h5-8H2,1-4H3. The molecular formula is C9H20O. The van der Waals surface area contributed by atoms with Crippen LogP contribution in [-0.2, 0) is 4.74 Å². The van der Waals surface area contributed by atoms with Crippen molar-refractivity contribution in [2.75, 3.05) is 6.61 Å². The summed E-state index contributed by atoms with van der Waals surface area (Å²) >= 11 is 0. The predicted molar refractivity (Wildman–Crippen MR) is 45.2 cm³/mol. The summed E-state index contributed by atoms with van der Waals surface area (Å²) in [5.41, 5.74) is 0.102. The second-order valence-electron chi connectivity index (χ2n) is 3.30. The molecule has 0 aliphatic heterocycles. The van der Waals surface area contributed by atoms with Gasteiger partial charge >= 0.3 is 0 Å². The summed E-state index contributed by atoms with van der Waals surface area (Å²) in [5, 5.41) is 0. The Morgan fingerprint density at radius 3 is 2.20 bits per heavy atom. The van der Waals surface area contributed by atoms with Gasteiger partial charge in [0.1, 0.15) is 0 Å². The molecule has 10 heavy (non-hydrogen) atoms. The van der Waals surface area contributed by atoms with E-state index in [0.717, 1.165) is 6.61 Å². The van der Waals surface area contributed by atoms with Gasteiger partial charge in [0.05, 0.1) is 5.60 Å². The van der Waals surface area contributed by atoms with E-state index in [-0.39, 0.29) is 5.60 Å². The van der Waals surface area contributed by atoms with Crippen LogP contribution in [0.15, 0.2) is 0 Å². The summed E-state index contributed by atoms with van der Waals surface area (Å²) in [4.78, 5) is 0. The van der Waals surface area contributed by atoms with Crippen molar-refractivity contribution in [3.05, 3.63) is 0 Å². The zero-order chi connectivity index (χ0) is 8.04. The predicted octanol–water partition coefficient (Wildman–Crippen LogP) is 2.99. The third kappa shape index (κ3) is 4.80. The van der Waals surface area contributed by atoms with Gasteiger partial charge in [-0.2, -0.15) is 0 Å². The van der Waals surface area contributed by atoms with E-state index in [1.807, 2.05) is 6.92 Å². The lowest BCUT2D eigenvalue weighted by Crippen LogP contribution is -2.23. The van der Waals surface area contributed by atoms with Crippen LogP contribution in [0.25, 0.3) is 0 Å². The molecule has 0 aromatic rings. The molecule has 1 heteroatoms. The minimum absolute atomic E-state index is 0.102. The van der Waals surface area contributed by atoms with Gasteiger partial charge in [0.15, 0.2) is 0 Å². The largest absolute Gasteiger partial charge is 0.376 e. The van der Waals surface area contributed by atoms with Crippen molar-refractivity contribution >= 4 is 0 Å². The van der Waals surface area contributed by atoms with Crippen LogP contribution >= 0.6 is 0 Å². The molecule has 0 aromatic heterocycles. The topological polar surface area (TPSA) is 9.23 Å². The van der Waals surface area contributed by atoms with Crippen molar-refractivity contribution in [1.82, 2.24) is 0 Å². The summed E-state index contributed by atoms with van der Waals surface area (Å²) in [5.74, 6) is 0.